The van der Waals surface area contributed by atoms with Crippen molar-refractivity contribution < 1.29 is 35.9 Å². The zero-order chi connectivity index (χ0) is 22.7. The van der Waals surface area contributed by atoms with Gasteiger partial charge in [-0.2, -0.15) is 13.2 Å². The highest BCUT2D eigenvalue weighted by Gasteiger charge is 2.34. The second kappa shape index (κ2) is 8.92. The van der Waals surface area contributed by atoms with E-state index in [0.717, 1.165) is 12.3 Å². The van der Waals surface area contributed by atoms with Crippen molar-refractivity contribution in [3.63, 3.8) is 0 Å². The summed E-state index contributed by atoms with van der Waals surface area (Å²) in [4.78, 5) is 24.4. The van der Waals surface area contributed by atoms with Gasteiger partial charge < -0.3 is 10.1 Å². The number of sulfonamides is 1. The lowest BCUT2D eigenvalue weighted by molar-refractivity contribution is -0.137. The number of hydrogen-bond donors (Lipinski definition) is 2. The Morgan fingerprint density at radius 3 is 2.40 bits per heavy atom. The molecule has 1 unspecified atom stereocenters. The third-order valence-corrected chi connectivity index (χ3v) is 4.44. The molecule has 0 heterocycles. The third kappa shape index (κ3) is 6.63. The van der Waals surface area contributed by atoms with Crippen molar-refractivity contribution in [2.24, 2.45) is 0 Å². The van der Waals surface area contributed by atoms with Crippen molar-refractivity contribution in [1.29, 1.82) is 0 Å². The molecule has 12 heteroatoms. The van der Waals surface area contributed by atoms with Crippen LogP contribution in [0.15, 0.2) is 42.5 Å². The Bertz CT molecular complexity index is 1070. The van der Waals surface area contributed by atoms with E-state index < -0.39 is 45.4 Å². The number of rotatable bonds is 6. The number of amides is 1. The van der Waals surface area contributed by atoms with Gasteiger partial charge in [0.05, 0.1) is 23.1 Å². The minimum absolute atomic E-state index is 0.0641. The van der Waals surface area contributed by atoms with Gasteiger partial charge in [-0.3, -0.25) is 9.52 Å². The summed E-state index contributed by atoms with van der Waals surface area (Å²) in [7, 11) is -3.58. The van der Waals surface area contributed by atoms with Gasteiger partial charge in [0.25, 0.3) is 5.91 Å². The topological polar surface area (TPSA) is 102 Å². The lowest BCUT2D eigenvalue weighted by Crippen LogP contribution is -2.30. The molecule has 0 spiro atoms. The summed E-state index contributed by atoms with van der Waals surface area (Å²) in [5, 5.41) is 1.89. The molecule has 1 atom stereocenters. The summed E-state index contributed by atoms with van der Waals surface area (Å²) < 4.78 is 69.1. The largest absolute Gasteiger partial charge is 0.449 e. The normalized spacial score (nSPS) is 12.7. The van der Waals surface area contributed by atoms with Crippen LogP contribution in [0.3, 0.4) is 0 Å². The molecule has 0 bridgehead atoms. The minimum atomic E-state index is -4.76. The van der Waals surface area contributed by atoms with Crippen LogP contribution in [-0.2, 0) is 25.7 Å². The Labute approximate surface area is 175 Å². The number of esters is 1. The maximum atomic E-state index is 13.1. The number of benzene rings is 2. The number of anilines is 2. The van der Waals surface area contributed by atoms with Crippen LogP contribution in [0.25, 0.3) is 0 Å². The molecule has 0 fully saturated rings. The number of alkyl halides is 3. The van der Waals surface area contributed by atoms with E-state index in [-0.39, 0.29) is 16.3 Å². The Morgan fingerprint density at radius 1 is 1.13 bits per heavy atom. The van der Waals surface area contributed by atoms with Crippen LogP contribution >= 0.6 is 11.6 Å². The van der Waals surface area contributed by atoms with E-state index in [0.29, 0.717) is 6.07 Å². The van der Waals surface area contributed by atoms with Crippen LogP contribution < -0.4 is 10.0 Å². The van der Waals surface area contributed by atoms with Crippen molar-refractivity contribution in [3.05, 3.63) is 58.6 Å². The van der Waals surface area contributed by atoms with Crippen molar-refractivity contribution in [2.45, 2.75) is 19.2 Å². The number of ether oxygens (including phenoxy) is 1. The second-order valence-corrected chi connectivity index (χ2v) is 8.36. The summed E-state index contributed by atoms with van der Waals surface area (Å²) in [6.07, 6.45) is -5.28. The first-order chi connectivity index (χ1) is 13.8. The van der Waals surface area contributed by atoms with Gasteiger partial charge in [0.1, 0.15) is 0 Å². The molecule has 1 amide bonds. The standard InChI is InChI=1S/C18H16ClF3N2O5S/c1-10(16(25)23-15-7-6-12(19)9-14(15)18(20,21)22)29-17(26)11-4-3-5-13(8-11)24-30(2,27)28/h3-10,24H,1-2H3,(H,23,25). The third-order valence-electron chi connectivity index (χ3n) is 3.60. The Balaban J connectivity index is 2.12. The number of halogens is 4. The molecule has 0 aliphatic heterocycles. The molecule has 0 aromatic heterocycles. The fourth-order valence-corrected chi connectivity index (χ4v) is 3.03. The van der Waals surface area contributed by atoms with Crippen molar-refractivity contribution >= 4 is 44.9 Å². The van der Waals surface area contributed by atoms with Gasteiger partial charge in [-0.05, 0) is 43.3 Å². The highest BCUT2D eigenvalue weighted by Crippen LogP contribution is 2.36. The zero-order valence-corrected chi connectivity index (χ0v) is 17.2. The average Bonchev–Trinajstić information content (AvgIpc) is 2.61. The molecule has 30 heavy (non-hydrogen) atoms. The van der Waals surface area contributed by atoms with Crippen LogP contribution in [0.4, 0.5) is 24.5 Å². The van der Waals surface area contributed by atoms with E-state index in [2.05, 4.69) is 10.0 Å². The van der Waals surface area contributed by atoms with Gasteiger partial charge in [0.2, 0.25) is 10.0 Å². The summed E-state index contributed by atoms with van der Waals surface area (Å²) >= 11 is 5.59. The molecule has 0 aliphatic carbocycles. The van der Waals surface area contributed by atoms with E-state index >= 15 is 0 Å². The summed E-state index contributed by atoms with van der Waals surface area (Å²) in [5.41, 5.74) is -1.66. The smallest absolute Gasteiger partial charge is 0.418 e. The van der Waals surface area contributed by atoms with Crippen molar-refractivity contribution in [1.82, 2.24) is 0 Å². The van der Waals surface area contributed by atoms with Gasteiger partial charge in [0.15, 0.2) is 6.10 Å². The lowest BCUT2D eigenvalue weighted by Gasteiger charge is -2.17. The highest BCUT2D eigenvalue weighted by atomic mass is 35.5. The molecule has 0 saturated carbocycles. The molecule has 7 nitrogen and oxygen atoms in total. The van der Waals surface area contributed by atoms with Gasteiger partial charge in [-0.25, -0.2) is 13.2 Å². The maximum Gasteiger partial charge on any atom is 0.418 e. The Morgan fingerprint density at radius 2 is 1.80 bits per heavy atom. The van der Waals surface area contributed by atoms with Crippen LogP contribution in [-0.4, -0.2) is 32.7 Å². The van der Waals surface area contributed by atoms with Crippen LogP contribution in [0, 0.1) is 0 Å². The number of hydrogen-bond acceptors (Lipinski definition) is 5. The Kier molecular flexibility index (Phi) is 6.99. The summed E-state index contributed by atoms with van der Waals surface area (Å²) in [6, 6.07) is 8.11. The number of carbonyl (C=O) groups excluding carboxylic acids is 2. The lowest BCUT2D eigenvalue weighted by atomic mass is 10.1. The quantitative estimate of drug-likeness (QED) is 0.631. The predicted octanol–water partition coefficient (Wildman–Crippen LogP) is 3.91. The fraction of sp³-hybridized carbons (Fsp3) is 0.222. The van der Waals surface area contributed by atoms with Gasteiger partial charge >= 0.3 is 12.1 Å². The van der Waals surface area contributed by atoms with E-state index in [9.17, 15) is 31.2 Å². The second-order valence-electron chi connectivity index (χ2n) is 6.18. The maximum absolute atomic E-state index is 13.1. The molecule has 2 rings (SSSR count). The van der Waals surface area contributed by atoms with Crippen molar-refractivity contribution in [3.8, 4) is 0 Å². The van der Waals surface area contributed by atoms with Gasteiger partial charge in [-0.15, -0.1) is 0 Å². The van der Waals surface area contributed by atoms with Crippen LogP contribution in [0.2, 0.25) is 5.02 Å². The molecule has 0 saturated heterocycles. The minimum Gasteiger partial charge on any atom is -0.449 e. The van der Waals surface area contributed by atoms with Crippen LogP contribution in [0.5, 0.6) is 0 Å². The monoisotopic (exact) mass is 464 g/mol. The van der Waals surface area contributed by atoms with E-state index in [1.54, 1.807) is 0 Å². The summed E-state index contributed by atoms with van der Waals surface area (Å²) in [6.45, 7) is 1.18. The molecule has 162 valence electrons. The van der Waals surface area contributed by atoms with Gasteiger partial charge in [-0.1, -0.05) is 17.7 Å². The van der Waals surface area contributed by atoms with E-state index in [1.807, 2.05) is 0 Å². The average molecular weight is 465 g/mol. The number of carbonyl (C=O) groups is 2. The SMILES string of the molecule is CC(OC(=O)c1cccc(NS(C)(=O)=O)c1)C(=O)Nc1ccc(Cl)cc1C(F)(F)F. The van der Waals surface area contributed by atoms with Crippen LogP contribution in [0.1, 0.15) is 22.8 Å². The molecule has 2 N–H and O–H groups in total. The summed E-state index contributed by atoms with van der Waals surface area (Å²) in [5.74, 6) is -1.97. The molecular weight excluding hydrogens is 449 g/mol. The van der Waals surface area contributed by atoms with E-state index in [4.69, 9.17) is 16.3 Å². The highest BCUT2D eigenvalue weighted by molar-refractivity contribution is 7.92. The zero-order valence-electron chi connectivity index (χ0n) is 15.6. The van der Waals surface area contributed by atoms with Gasteiger partial charge in [0, 0.05) is 10.7 Å². The number of nitrogens with one attached hydrogen (secondary N) is 2. The van der Waals surface area contributed by atoms with E-state index in [1.165, 1.54) is 37.3 Å². The fourth-order valence-electron chi connectivity index (χ4n) is 2.30. The first-order valence-electron chi connectivity index (χ1n) is 8.23. The molecular formula is C18H16ClF3N2O5S. The first-order valence-corrected chi connectivity index (χ1v) is 10.5. The molecule has 0 radical (unpaired) electrons. The predicted molar refractivity (Wildman–Crippen MR) is 105 cm³/mol. The first kappa shape index (κ1) is 23.5. The Hall–Kier alpha value is -2.79. The molecule has 2 aromatic rings. The molecule has 2 aromatic carbocycles. The molecule has 0 aliphatic rings. The van der Waals surface area contributed by atoms with Crippen molar-refractivity contribution in [2.75, 3.05) is 16.3 Å².